The van der Waals surface area contributed by atoms with Crippen molar-refractivity contribution in [1.82, 2.24) is 3.97 Å². The van der Waals surface area contributed by atoms with Crippen molar-refractivity contribution in [1.29, 1.82) is 0 Å². The van der Waals surface area contributed by atoms with Gasteiger partial charge in [0.15, 0.2) is 6.29 Å². The number of nitro groups is 1. The number of aromatic nitrogens is 1. The highest BCUT2D eigenvalue weighted by atomic mass is 79.9. The molecule has 0 saturated heterocycles. The van der Waals surface area contributed by atoms with Gasteiger partial charge >= 0.3 is 0 Å². The topological polar surface area (TPSA) is 99.3 Å². The number of carbonyl (C=O) groups is 1. The molecule has 122 valence electrons. The smallest absolute Gasteiger partial charge is 0.269 e. The second-order valence-electron chi connectivity index (χ2n) is 4.89. The fourth-order valence-corrected chi connectivity index (χ4v) is 4.34. The third-order valence-corrected chi connectivity index (χ3v) is 5.85. The molecular formula is C15H9BrN2O5S. The van der Waals surface area contributed by atoms with E-state index in [9.17, 15) is 23.3 Å². The Balaban J connectivity index is 2.24. The molecule has 0 saturated carbocycles. The molecule has 7 nitrogen and oxygen atoms in total. The maximum Gasteiger partial charge on any atom is 0.269 e. The Labute approximate surface area is 144 Å². The lowest BCUT2D eigenvalue weighted by Crippen LogP contribution is -2.11. The van der Waals surface area contributed by atoms with Gasteiger partial charge in [-0.15, -0.1) is 0 Å². The standard InChI is InChI=1S/C15H9BrN2O5S/c16-13-2-1-3-14-15(13)10(9-19)8-17(14)24(22,23)12-6-4-11(5-7-12)18(20)21/h1-9H. The number of hydrogen-bond acceptors (Lipinski definition) is 5. The normalized spacial score (nSPS) is 11.5. The average Bonchev–Trinajstić information content (AvgIpc) is 2.96. The number of benzene rings is 2. The lowest BCUT2D eigenvalue weighted by molar-refractivity contribution is -0.384. The van der Waals surface area contributed by atoms with Gasteiger partial charge < -0.3 is 0 Å². The molecule has 0 atom stereocenters. The number of aldehydes is 1. The maximum atomic E-state index is 12.8. The Morgan fingerprint density at radius 3 is 2.38 bits per heavy atom. The van der Waals surface area contributed by atoms with E-state index < -0.39 is 14.9 Å². The Morgan fingerprint density at radius 2 is 1.79 bits per heavy atom. The summed E-state index contributed by atoms with van der Waals surface area (Å²) in [6, 6.07) is 9.51. The number of nitro benzene ring substituents is 1. The molecule has 0 aliphatic rings. The summed E-state index contributed by atoms with van der Waals surface area (Å²) in [7, 11) is -4.00. The number of carbonyl (C=O) groups excluding carboxylic acids is 1. The van der Waals surface area contributed by atoms with Crippen LogP contribution in [0.5, 0.6) is 0 Å². The van der Waals surface area contributed by atoms with E-state index in [0.717, 1.165) is 28.2 Å². The van der Waals surface area contributed by atoms with E-state index in [4.69, 9.17) is 0 Å². The van der Waals surface area contributed by atoms with Crippen LogP contribution in [-0.4, -0.2) is 23.6 Å². The van der Waals surface area contributed by atoms with Crippen LogP contribution >= 0.6 is 15.9 Å². The Kier molecular flexibility index (Phi) is 3.98. The summed E-state index contributed by atoms with van der Waals surface area (Å²) in [6.07, 6.45) is 1.81. The summed E-state index contributed by atoms with van der Waals surface area (Å²) in [5.41, 5.74) is 0.357. The molecule has 0 unspecified atom stereocenters. The van der Waals surface area contributed by atoms with Crippen LogP contribution in [0.25, 0.3) is 10.9 Å². The third kappa shape index (κ3) is 2.51. The largest absolute Gasteiger partial charge is 0.298 e. The predicted molar refractivity (Wildman–Crippen MR) is 90.7 cm³/mol. The predicted octanol–water partition coefficient (Wildman–Crippen LogP) is 3.36. The van der Waals surface area contributed by atoms with Crippen molar-refractivity contribution in [3.05, 3.63) is 68.8 Å². The van der Waals surface area contributed by atoms with Crippen molar-refractivity contribution < 1.29 is 18.1 Å². The van der Waals surface area contributed by atoms with Crippen LogP contribution in [0.1, 0.15) is 10.4 Å². The number of rotatable bonds is 4. The molecule has 0 aliphatic carbocycles. The molecule has 3 rings (SSSR count). The van der Waals surface area contributed by atoms with Crippen LogP contribution in [-0.2, 0) is 10.0 Å². The highest BCUT2D eigenvalue weighted by Gasteiger charge is 2.22. The van der Waals surface area contributed by atoms with Crippen LogP contribution in [0, 0.1) is 10.1 Å². The van der Waals surface area contributed by atoms with Crippen LogP contribution in [0.15, 0.2) is 58.0 Å². The number of non-ortho nitro benzene ring substituents is 1. The van der Waals surface area contributed by atoms with Crippen molar-refractivity contribution in [2.24, 2.45) is 0 Å². The Hall–Kier alpha value is -2.52. The molecule has 9 heteroatoms. The molecule has 1 heterocycles. The van der Waals surface area contributed by atoms with Crippen molar-refractivity contribution in [3.63, 3.8) is 0 Å². The molecule has 0 spiro atoms. The first kappa shape index (κ1) is 16.3. The first-order valence-corrected chi connectivity index (χ1v) is 8.84. The summed E-state index contributed by atoms with van der Waals surface area (Å²) in [5.74, 6) is 0. The fraction of sp³-hybridized carbons (Fsp3) is 0. The fourth-order valence-electron chi connectivity index (χ4n) is 2.38. The zero-order chi connectivity index (χ0) is 17.5. The summed E-state index contributed by atoms with van der Waals surface area (Å²) in [6.45, 7) is 0. The molecule has 3 aromatic rings. The first-order chi connectivity index (χ1) is 11.4. The minimum absolute atomic E-state index is 0.109. The molecule has 0 radical (unpaired) electrons. The molecule has 0 bridgehead atoms. The second kappa shape index (κ2) is 5.84. The molecule has 1 aromatic heterocycles. The van der Waals surface area contributed by atoms with E-state index in [1.165, 1.54) is 6.20 Å². The van der Waals surface area contributed by atoms with Gasteiger partial charge in [0.25, 0.3) is 15.7 Å². The summed E-state index contributed by atoms with van der Waals surface area (Å²) in [4.78, 5) is 21.2. The quantitative estimate of drug-likeness (QED) is 0.374. The van der Waals surface area contributed by atoms with Crippen LogP contribution in [0.4, 0.5) is 5.69 Å². The molecule has 2 aromatic carbocycles. The summed E-state index contributed by atoms with van der Waals surface area (Å²) in [5, 5.41) is 11.2. The van der Waals surface area contributed by atoms with Crippen molar-refractivity contribution >= 4 is 48.8 Å². The van der Waals surface area contributed by atoms with Crippen LogP contribution < -0.4 is 0 Å². The average molecular weight is 409 g/mol. The monoisotopic (exact) mass is 408 g/mol. The molecule has 0 amide bonds. The lowest BCUT2D eigenvalue weighted by atomic mass is 10.2. The van der Waals surface area contributed by atoms with Crippen LogP contribution in [0.2, 0.25) is 0 Å². The van der Waals surface area contributed by atoms with Gasteiger partial charge in [-0.05, 0) is 24.3 Å². The Bertz CT molecular complexity index is 1070. The van der Waals surface area contributed by atoms with E-state index in [1.807, 2.05) is 0 Å². The Morgan fingerprint density at radius 1 is 1.12 bits per heavy atom. The van der Waals surface area contributed by atoms with E-state index in [-0.39, 0.29) is 16.1 Å². The van der Waals surface area contributed by atoms with E-state index in [1.54, 1.807) is 18.2 Å². The molecule has 0 fully saturated rings. The van der Waals surface area contributed by atoms with Gasteiger partial charge in [0.05, 0.1) is 15.3 Å². The van der Waals surface area contributed by atoms with Gasteiger partial charge in [-0.25, -0.2) is 12.4 Å². The van der Waals surface area contributed by atoms with E-state index in [0.29, 0.717) is 21.7 Å². The first-order valence-electron chi connectivity index (χ1n) is 6.61. The highest BCUT2D eigenvalue weighted by Crippen LogP contribution is 2.31. The van der Waals surface area contributed by atoms with Gasteiger partial charge in [-0.3, -0.25) is 14.9 Å². The maximum absolute atomic E-state index is 12.8. The number of nitrogens with zero attached hydrogens (tertiary/aromatic N) is 2. The van der Waals surface area contributed by atoms with Crippen molar-refractivity contribution in [2.75, 3.05) is 0 Å². The zero-order valence-corrected chi connectivity index (χ0v) is 14.3. The molecule has 24 heavy (non-hydrogen) atoms. The summed E-state index contributed by atoms with van der Waals surface area (Å²) < 4.78 is 27.3. The lowest BCUT2D eigenvalue weighted by Gasteiger charge is -2.07. The second-order valence-corrected chi connectivity index (χ2v) is 7.56. The molecule has 0 N–H and O–H groups in total. The molecule has 0 aliphatic heterocycles. The minimum atomic E-state index is -4.00. The third-order valence-electron chi connectivity index (χ3n) is 3.51. The van der Waals surface area contributed by atoms with Gasteiger partial charge in [0.1, 0.15) is 0 Å². The summed E-state index contributed by atoms with van der Waals surface area (Å²) >= 11 is 3.31. The van der Waals surface area contributed by atoms with Crippen molar-refractivity contribution in [3.8, 4) is 0 Å². The SMILES string of the molecule is O=Cc1cn(S(=O)(=O)c2ccc([N+](=O)[O-])cc2)c2cccc(Br)c12. The molecular weight excluding hydrogens is 400 g/mol. The van der Waals surface area contributed by atoms with Gasteiger partial charge in [-0.1, -0.05) is 22.0 Å². The van der Waals surface area contributed by atoms with E-state index in [2.05, 4.69) is 15.9 Å². The number of hydrogen-bond donors (Lipinski definition) is 0. The van der Waals surface area contributed by atoms with Gasteiger partial charge in [0.2, 0.25) is 0 Å². The highest BCUT2D eigenvalue weighted by molar-refractivity contribution is 9.10. The van der Waals surface area contributed by atoms with Gasteiger partial charge in [-0.2, -0.15) is 0 Å². The minimum Gasteiger partial charge on any atom is -0.298 e. The van der Waals surface area contributed by atoms with Crippen LogP contribution in [0.3, 0.4) is 0 Å². The zero-order valence-electron chi connectivity index (χ0n) is 11.9. The number of fused-ring (bicyclic) bond motifs is 1. The number of halogens is 1. The van der Waals surface area contributed by atoms with Crippen molar-refractivity contribution in [2.45, 2.75) is 4.90 Å². The van der Waals surface area contributed by atoms with E-state index >= 15 is 0 Å². The van der Waals surface area contributed by atoms with Gasteiger partial charge in [0, 0.05) is 33.8 Å².